The van der Waals surface area contributed by atoms with Crippen LogP contribution in [0.2, 0.25) is 5.02 Å². The van der Waals surface area contributed by atoms with E-state index in [1.54, 1.807) is 18.2 Å². The quantitative estimate of drug-likeness (QED) is 0.282. The molecule has 0 saturated heterocycles. The zero-order valence-electron chi connectivity index (χ0n) is 15.8. The number of hydrogen-bond acceptors (Lipinski definition) is 9. The molecule has 0 bridgehead atoms. The number of nitrogens with two attached hydrogens (primary N) is 1. The number of ether oxygens (including phenoxy) is 2. The molecular formula is C18H16ClFN6O4. The number of nitrogens with one attached hydrogen (secondary N) is 2. The second kappa shape index (κ2) is 8.66. The van der Waals surface area contributed by atoms with Crippen molar-refractivity contribution in [2.24, 2.45) is 0 Å². The van der Waals surface area contributed by atoms with Gasteiger partial charge in [0.2, 0.25) is 11.8 Å². The molecule has 1 aromatic heterocycles. The van der Waals surface area contributed by atoms with E-state index in [0.29, 0.717) is 17.1 Å². The summed E-state index contributed by atoms with van der Waals surface area (Å²) in [5, 5.41) is 17.0. The molecule has 0 amide bonds. The molecule has 0 spiro atoms. The summed E-state index contributed by atoms with van der Waals surface area (Å²) in [5.41, 5.74) is 6.19. The molecule has 0 saturated carbocycles. The topological polar surface area (TPSA) is 137 Å². The summed E-state index contributed by atoms with van der Waals surface area (Å²) in [6, 6.07) is 6.87. The molecule has 3 rings (SSSR count). The summed E-state index contributed by atoms with van der Waals surface area (Å²) in [5.74, 6) is -0.249. The number of nitro benzene ring substituents is 1. The van der Waals surface area contributed by atoms with Crippen molar-refractivity contribution in [3.63, 3.8) is 0 Å². The first-order valence-corrected chi connectivity index (χ1v) is 8.72. The van der Waals surface area contributed by atoms with Crippen LogP contribution in [-0.2, 0) is 0 Å². The number of hydrogen-bond donors (Lipinski definition) is 3. The minimum absolute atomic E-state index is 0.0312. The van der Waals surface area contributed by atoms with E-state index in [1.807, 2.05) is 0 Å². The SMILES string of the molecule is COc1cc(F)c([N+](=O)[O-])cc1Nc1ncc(Cl)c(Nc2cc(N)ccc2OC)n1. The molecule has 1 heterocycles. The Bertz CT molecular complexity index is 1110. The van der Waals surface area contributed by atoms with Crippen LogP contribution < -0.4 is 25.8 Å². The summed E-state index contributed by atoms with van der Waals surface area (Å²) < 4.78 is 24.2. The molecule has 10 nitrogen and oxygen atoms in total. The normalized spacial score (nSPS) is 10.4. The van der Waals surface area contributed by atoms with E-state index >= 15 is 0 Å². The van der Waals surface area contributed by atoms with Crippen LogP contribution in [0.15, 0.2) is 36.5 Å². The highest BCUT2D eigenvalue weighted by Crippen LogP contribution is 2.35. The lowest BCUT2D eigenvalue weighted by Gasteiger charge is -2.14. The first-order valence-electron chi connectivity index (χ1n) is 8.34. The molecule has 0 fully saturated rings. The summed E-state index contributed by atoms with van der Waals surface area (Å²) in [6.45, 7) is 0. The maximum absolute atomic E-state index is 13.8. The van der Waals surface area contributed by atoms with Crippen LogP contribution in [0.1, 0.15) is 0 Å². The van der Waals surface area contributed by atoms with E-state index in [1.165, 1.54) is 20.4 Å². The van der Waals surface area contributed by atoms with Crippen LogP contribution in [0.3, 0.4) is 0 Å². The summed E-state index contributed by atoms with van der Waals surface area (Å²) in [6.07, 6.45) is 1.32. The van der Waals surface area contributed by atoms with Crippen molar-refractivity contribution >= 4 is 46.1 Å². The lowest BCUT2D eigenvalue weighted by atomic mass is 10.2. The van der Waals surface area contributed by atoms with Gasteiger partial charge in [-0.3, -0.25) is 10.1 Å². The number of anilines is 5. The third-order valence-corrected chi connectivity index (χ3v) is 4.21. The maximum atomic E-state index is 13.8. The van der Waals surface area contributed by atoms with Gasteiger partial charge >= 0.3 is 5.69 Å². The minimum Gasteiger partial charge on any atom is -0.495 e. The monoisotopic (exact) mass is 434 g/mol. The highest BCUT2D eigenvalue weighted by molar-refractivity contribution is 6.33. The molecule has 0 radical (unpaired) electrons. The Morgan fingerprint density at radius 2 is 1.83 bits per heavy atom. The van der Waals surface area contributed by atoms with Gasteiger partial charge in [0.15, 0.2) is 5.82 Å². The fraction of sp³-hybridized carbons (Fsp3) is 0.111. The molecule has 0 aliphatic carbocycles. The van der Waals surface area contributed by atoms with E-state index in [-0.39, 0.29) is 28.2 Å². The zero-order valence-corrected chi connectivity index (χ0v) is 16.5. The van der Waals surface area contributed by atoms with Crippen LogP contribution in [-0.4, -0.2) is 29.1 Å². The average molecular weight is 435 g/mol. The number of benzene rings is 2. The van der Waals surface area contributed by atoms with Gasteiger partial charge in [0.05, 0.1) is 36.7 Å². The summed E-state index contributed by atoms with van der Waals surface area (Å²) in [4.78, 5) is 18.5. The van der Waals surface area contributed by atoms with Crippen molar-refractivity contribution in [1.29, 1.82) is 0 Å². The van der Waals surface area contributed by atoms with Crippen molar-refractivity contribution in [1.82, 2.24) is 9.97 Å². The Morgan fingerprint density at radius 3 is 2.50 bits per heavy atom. The van der Waals surface area contributed by atoms with Crippen molar-refractivity contribution in [2.45, 2.75) is 0 Å². The maximum Gasteiger partial charge on any atom is 0.307 e. The largest absolute Gasteiger partial charge is 0.495 e. The van der Waals surface area contributed by atoms with E-state index in [4.69, 9.17) is 26.8 Å². The third kappa shape index (κ3) is 4.41. The Balaban J connectivity index is 1.96. The molecule has 0 atom stereocenters. The standard InChI is InChI=1S/C18H16ClFN6O4/c1-29-15-4-3-9(21)5-12(15)23-17-10(19)8-22-18(25-17)24-13-7-14(26(27)28)11(20)6-16(13)30-2/h3-8H,21H2,1-2H3,(H2,22,23,24,25). The molecular weight excluding hydrogens is 419 g/mol. The van der Waals surface area contributed by atoms with Gasteiger partial charge in [-0.25, -0.2) is 4.98 Å². The summed E-state index contributed by atoms with van der Waals surface area (Å²) in [7, 11) is 2.80. The Kier molecular flexibility index (Phi) is 6.02. The van der Waals surface area contributed by atoms with Crippen molar-refractivity contribution in [3.05, 3.63) is 57.5 Å². The minimum atomic E-state index is -1.03. The second-order valence-electron chi connectivity index (χ2n) is 5.86. The molecule has 30 heavy (non-hydrogen) atoms. The van der Waals surface area contributed by atoms with Gasteiger partial charge in [-0.2, -0.15) is 9.37 Å². The fourth-order valence-electron chi connectivity index (χ4n) is 2.54. The van der Waals surface area contributed by atoms with Gasteiger partial charge in [0, 0.05) is 17.8 Å². The number of nitro groups is 1. The molecule has 156 valence electrons. The van der Waals surface area contributed by atoms with E-state index < -0.39 is 16.4 Å². The Hall–Kier alpha value is -3.86. The number of nitrogen functional groups attached to an aromatic ring is 1. The lowest BCUT2D eigenvalue weighted by Crippen LogP contribution is -2.04. The highest BCUT2D eigenvalue weighted by atomic mass is 35.5. The smallest absolute Gasteiger partial charge is 0.307 e. The molecule has 4 N–H and O–H groups in total. The van der Waals surface area contributed by atoms with Crippen molar-refractivity contribution < 1.29 is 18.8 Å². The summed E-state index contributed by atoms with van der Waals surface area (Å²) >= 11 is 6.18. The molecule has 3 aromatic rings. The van der Waals surface area contributed by atoms with E-state index in [0.717, 1.165) is 12.1 Å². The van der Waals surface area contributed by atoms with Crippen LogP contribution in [0.25, 0.3) is 0 Å². The number of nitrogens with zero attached hydrogens (tertiary/aromatic N) is 3. The number of aromatic nitrogens is 2. The first-order chi connectivity index (χ1) is 14.3. The highest BCUT2D eigenvalue weighted by Gasteiger charge is 2.20. The van der Waals surface area contributed by atoms with E-state index in [2.05, 4.69) is 20.6 Å². The van der Waals surface area contributed by atoms with Crippen LogP contribution in [0.4, 0.5) is 38.9 Å². The third-order valence-electron chi connectivity index (χ3n) is 3.93. The predicted molar refractivity (Wildman–Crippen MR) is 111 cm³/mol. The number of halogens is 2. The predicted octanol–water partition coefficient (Wildman–Crippen LogP) is 4.26. The number of rotatable bonds is 7. The fourth-order valence-corrected chi connectivity index (χ4v) is 2.67. The van der Waals surface area contributed by atoms with Crippen LogP contribution in [0, 0.1) is 15.9 Å². The molecule has 0 unspecified atom stereocenters. The van der Waals surface area contributed by atoms with Gasteiger partial charge in [-0.15, -0.1) is 0 Å². The number of methoxy groups -OCH3 is 2. The zero-order chi connectivity index (χ0) is 21.8. The lowest BCUT2D eigenvalue weighted by molar-refractivity contribution is -0.387. The Labute approximate surface area is 175 Å². The van der Waals surface area contributed by atoms with Crippen molar-refractivity contribution in [3.8, 4) is 11.5 Å². The van der Waals surface area contributed by atoms with Gasteiger partial charge in [0.25, 0.3) is 0 Å². The van der Waals surface area contributed by atoms with E-state index in [9.17, 15) is 14.5 Å². The molecule has 0 aliphatic rings. The molecule has 2 aromatic carbocycles. The molecule has 0 aliphatic heterocycles. The van der Waals surface area contributed by atoms with Gasteiger partial charge in [0.1, 0.15) is 16.5 Å². The van der Waals surface area contributed by atoms with Crippen molar-refractivity contribution in [2.75, 3.05) is 30.6 Å². The van der Waals surface area contributed by atoms with Gasteiger partial charge in [-0.1, -0.05) is 11.6 Å². The Morgan fingerprint density at radius 1 is 1.13 bits per heavy atom. The van der Waals surface area contributed by atoms with Gasteiger partial charge < -0.3 is 25.8 Å². The van der Waals surface area contributed by atoms with Crippen LogP contribution in [0.5, 0.6) is 11.5 Å². The average Bonchev–Trinajstić information content (AvgIpc) is 2.71. The second-order valence-corrected chi connectivity index (χ2v) is 6.27. The van der Waals surface area contributed by atoms with Crippen LogP contribution >= 0.6 is 11.6 Å². The molecule has 12 heteroatoms. The van der Waals surface area contributed by atoms with Gasteiger partial charge in [-0.05, 0) is 18.2 Å². The first kappa shape index (κ1) is 20.9.